The minimum Gasteiger partial charge on any atom is -0.374 e. The normalized spacial score (nSPS) is 17.4. The van der Waals surface area contributed by atoms with E-state index in [-0.39, 0.29) is 6.04 Å². The Bertz CT molecular complexity index is 427. The molecule has 2 N–H and O–H groups in total. The summed E-state index contributed by atoms with van der Waals surface area (Å²) in [6, 6.07) is 6.86. The van der Waals surface area contributed by atoms with Crippen molar-refractivity contribution in [1.29, 1.82) is 0 Å². The summed E-state index contributed by atoms with van der Waals surface area (Å²) in [6.07, 6.45) is 7.59. The Morgan fingerprint density at radius 1 is 1.35 bits per heavy atom. The molecule has 3 heteroatoms. The van der Waals surface area contributed by atoms with Crippen LogP contribution in [0.1, 0.15) is 44.6 Å². The molecule has 1 aromatic rings. The van der Waals surface area contributed by atoms with Crippen LogP contribution >= 0.6 is 15.9 Å². The van der Waals surface area contributed by atoms with Crippen molar-refractivity contribution in [1.82, 2.24) is 0 Å². The minimum atomic E-state index is 0.253. The predicted octanol–water partition coefficient (Wildman–Crippen LogP) is 4.36. The van der Waals surface area contributed by atoms with Crippen LogP contribution in [0, 0.1) is 5.92 Å². The molecule has 1 aromatic carbocycles. The highest BCUT2D eigenvalue weighted by Crippen LogP contribution is 2.30. The monoisotopic (exact) mass is 338 g/mol. The van der Waals surface area contributed by atoms with E-state index in [1.54, 1.807) is 0 Å². The summed E-state index contributed by atoms with van der Waals surface area (Å²) in [5.41, 5.74) is 8.87. The zero-order valence-electron chi connectivity index (χ0n) is 12.7. The molecular formula is C17H27BrN2. The maximum Gasteiger partial charge on any atom is 0.0397 e. The van der Waals surface area contributed by atoms with Gasteiger partial charge in [0, 0.05) is 29.8 Å². The summed E-state index contributed by atoms with van der Waals surface area (Å²) in [5.74, 6) is 0.872. The molecule has 0 bridgehead atoms. The number of nitrogens with zero attached hydrogens (tertiary/aromatic N) is 1. The second-order valence-corrected chi connectivity index (χ2v) is 7.09. The Morgan fingerprint density at radius 3 is 2.70 bits per heavy atom. The third-order valence-corrected chi connectivity index (χ3v) is 4.96. The van der Waals surface area contributed by atoms with Crippen molar-refractivity contribution in [2.24, 2.45) is 11.7 Å². The number of benzene rings is 1. The second-order valence-electron chi connectivity index (χ2n) is 6.18. The van der Waals surface area contributed by atoms with Gasteiger partial charge in [0.2, 0.25) is 0 Å². The van der Waals surface area contributed by atoms with E-state index in [2.05, 4.69) is 53.0 Å². The van der Waals surface area contributed by atoms with Crippen molar-refractivity contribution in [3.8, 4) is 0 Å². The van der Waals surface area contributed by atoms with E-state index in [9.17, 15) is 0 Å². The summed E-state index contributed by atoms with van der Waals surface area (Å²) in [5, 5.41) is 0. The molecule has 0 radical (unpaired) electrons. The van der Waals surface area contributed by atoms with E-state index in [1.807, 2.05) is 0 Å². The average molecular weight is 339 g/mol. The first-order chi connectivity index (χ1) is 9.60. The lowest BCUT2D eigenvalue weighted by Gasteiger charge is -2.26. The number of anilines is 1. The summed E-state index contributed by atoms with van der Waals surface area (Å²) >= 11 is 3.59. The lowest BCUT2D eigenvalue weighted by molar-refractivity contribution is 0.545. The van der Waals surface area contributed by atoms with Gasteiger partial charge in [0.25, 0.3) is 0 Å². The van der Waals surface area contributed by atoms with E-state index in [4.69, 9.17) is 5.73 Å². The summed E-state index contributed by atoms with van der Waals surface area (Å²) in [4.78, 5) is 2.43. The van der Waals surface area contributed by atoms with E-state index < -0.39 is 0 Å². The van der Waals surface area contributed by atoms with Gasteiger partial charge in [-0.05, 0) is 55.4 Å². The fraction of sp³-hybridized carbons (Fsp3) is 0.647. The van der Waals surface area contributed by atoms with Crippen LogP contribution < -0.4 is 10.6 Å². The highest BCUT2D eigenvalue weighted by molar-refractivity contribution is 9.10. The van der Waals surface area contributed by atoms with Gasteiger partial charge in [-0.25, -0.2) is 0 Å². The van der Waals surface area contributed by atoms with Gasteiger partial charge in [-0.2, -0.15) is 0 Å². The third-order valence-electron chi connectivity index (χ3n) is 4.47. The molecule has 0 heterocycles. The summed E-state index contributed by atoms with van der Waals surface area (Å²) < 4.78 is 1.15. The van der Waals surface area contributed by atoms with Gasteiger partial charge < -0.3 is 10.6 Å². The smallest absolute Gasteiger partial charge is 0.0397 e. The molecular weight excluding hydrogens is 312 g/mol. The average Bonchev–Trinajstić information content (AvgIpc) is 2.91. The molecule has 0 aliphatic heterocycles. The molecule has 1 aliphatic carbocycles. The van der Waals surface area contributed by atoms with Gasteiger partial charge in [0.1, 0.15) is 0 Å². The van der Waals surface area contributed by atoms with Crippen molar-refractivity contribution < 1.29 is 0 Å². The van der Waals surface area contributed by atoms with Crippen LogP contribution in [0.4, 0.5) is 5.69 Å². The number of halogens is 1. The molecule has 2 rings (SSSR count). The van der Waals surface area contributed by atoms with Gasteiger partial charge in [0.05, 0.1) is 0 Å². The topological polar surface area (TPSA) is 29.3 Å². The van der Waals surface area contributed by atoms with Crippen molar-refractivity contribution >= 4 is 21.6 Å². The second kappa shape index (κ2) is 7.46. The van der Waals surface area contributed by atoms with Crippen molar-refractivity contribution in [3.63, 3.8) is 0 Å². The molecule has 1 atom stereocenters. The van der Waals surface area contributed by atoms with Gasteiger partial charge in [-0.3, -0.25) is 0 Å². The number of hydrogen-bond acceptors (Lipinski definition) is 2. The molecule has 1 saturated carbocycles. The van der Waals surface area contributed by atoms with Crippen LogP contribution in [-0.4, -0.2) is 19.6 Å². The molecule has 1 aliphatic rings. The highest BCUT2D eigenvalue weighted by atomic mass is 79.9. The van der Waals surface area contributed by atoms with Crippen LogP contribution in [0.15, 0.2) is 22.7 Å². The maximum absolute atomic E-state index is 6.15. The molecule has 1 fully saturated rings. The summed E-state index contributed by atoms with van der Waals surface area (Å²) in [7, 11) is 2.22. The quantitative estimate of drug-likeness (QED) is 0.835. The standard InChI is InChI=1S/C17H27BrN2/c1-3-16(19)11-14-10-15(18)8-9-17(14)20(2)12-13-6-4-5-7-13/h8-10,13,16H,3-7,11-12,19H2,1-2H3. The Hall–Kier alpha value is -0.540. The Balaban J connectivity index is 2.11. The Morgan fingerprint density at radius 2 is 2.05 bits per heavy atom. The first-order valence-electron chi connectivity index (χ1n) is 7.85. The van der Waals surface area contributed by atoms with Gasteiger partial charge >= 0.3 is 0 Å². The van der Waals surface area contributed by atoms with E-state index in [0.717, 1.165) is 23.2 Å². The van der Waals surface area contributed by atoms with Crippen LogP contribution in [0.25, 0.3) is 0 Å². The van der Waals surface area contributed by atoms with Crippen LogP contribution in [0.2, 0.25) is 0 Å². The molecule has 0 spiro atoms. The van der Waals surface area contributed by atoms with Gasteiger partial charge in [0.15, 0.2) is 0 Å². The number of nitrogens with two attached hydrogens (primary N) is 1. The molecule has 20 heavy (non-hydrogen) atoms. The molecule has 0 aromatic heterocycles. The fourth-order valence-corrected chi connectivity index (χ4v) is 3.60. The first kappa shape index (κ1) is 15.8. The van der Waals surface area contributed by atoms with Crippen LogP contribution in [0.5, 0.6) is 0 Å². The largest absolute Gasteiger partial charge is 0.374 e. The maximum atomic E-state index is 6.15. The first-order valence-corrected chi connectivity index (χ1v) is 8.64. The van der Waals surface area contributed by atoms with Crippen LogP contribution in [0.3, 0.4) is 0 Å². The van der Waals surface area contributed by atoms with Crippen molar-refractivity contribution in [2.45, 2.75) is 51.5 Å². The lowest BCUT2D eigenvalue weighted by Crippen LogP contribution is -2.27. The van der Waals surface area contributed by atoms with E-state index in [1.165, 1.54) is 43.5 Å². The molecule has 0 saturated heterocycles. The van der Waals surface area contributed by atoms with Crippen molar-refractivity contribution in [3.05, 3.63) is 28.2 Å². The predicted molar refractivity (Wildman–Crippen MR) is 91.3 cm³/mol. The third kappa shape index (κ3) is 4.23. The van der Waals surface area contributed by atoms with Crippen molar-refractivity contribution in [2.75, 3.05) is 18.5 Å². The Labute approximate surface area is 131 Å². The molecule has 1 unspecified atom stereocenters. The number of hydrogen-bond donors (Lipinski definition) is 1. The zero-order chi connectivity index (χ0) is 14.5. The zero-order valence-corrected chi connectivity index (χ0v) is 14.3. The SMILES string of the molecule is CCC(N)Cc1cc(Br)ccc1N(C)CC1CCCC1. The lowest BCUT2D eigenvalue weighted by atomic mass is 10.0. The summed E-state index contributed by atoms with van der Waals surface area (Å²) in [6.45, 7) is 3.33. The van der Waals surface area contributed by atoms with E-state index in [0.29, 0.717) is 0 Å². The van der Waals surface area contributed by atoms with Gasteiger partial charge in [-0.15, -0.1) is 0 Å². The van der Waals surface area contributed by atoms with E-state index >= 15 is 0 Å². The molecule has 0 amide bonds. The fourth-order valence-electron chi connectivity index (χ4n) is 3.20. The number of rotatable bonds is 6. The highest BCUT2D eigenvalue weighted by Gasteiger charge is 2.18. The Kier molecular flexibility index (Phi) is 5.91. The molecule has 112 valence electrons. The molecule has 2 nitrogen and oxygen atoms in total. The minimum absolute atomic E-state index is 0.253. The van der Waals surface area contributed by atoms with Crippen LogP contribution in [-0.2, 0) is 6.42 Å². The van der Waals surface area contributed by atoms with Gasteiger partial charge in [-0.1, -0.05) is 35.7 Å².